The first-order valence-electron chi connectivity index (χ1n) is 12.8. The van der Waals surface area contributed by atoms with Gasteiger partial charge in [-0.05, 0) is 24.5 Å². The first-order valence-corrected chi connectivity index (χ1v) is 13.7. The van der Waals surface area contributed by atoms with Crippen LogP contribution in [0.5, 0.6) is 0 Å². The molecule has 1 aromatic carbocycles. The highest BCUT2D eigenvalue weighted by Gasteiger charge is 2.32. The van der Waals surface area contributed by atoms with Gasteiger partial charge in [0.1, 0.15) is 22.3 Å². The van der Waals surface area contributed by atoms with Crippen LogP contribution in [0.3, 0.4) is 0 Å². The summed E-state index contributed by atoms with van der Waals surface area (Å²) in [4.78, 5) is 42.7. The van der Waals surface area contributed by atoms with Gasteiger partial charge < -0.3 is 9.80 Å². The number of hydrogen-bond donors (Lipinski definition) is 0. The lowest BCUT2D eigenvalue weighted by atomic mass is 10.0. The number of pyridine rings is 1. The van der Waals surface area contributed by atoms with E-state index < -0.39 is 23.2 Å². The number of carbonyl (C=O) groups is 1. The minimum atomic E-state index is -1.03. The van der Waals surface area contributed by atoms with Gasteiger partial charge in [0.05, 0.1) is 16.6 Å². The summed E-state index contributed by atoms with van der Waals surface area (Å²) in [6, 6.07) is 8.18. The molecule has 1 amide bonds. The SMILES string of the molecule is C=Cc1ccccc1-c1nc2c(cc1F)c(N1CCN(C(=O)C(=C)F)C[C@@H]1C)nc(=O)n2-c1scnc1C(C)C. The zero-order valence-electron chi connectivity index (χ0n) is 22.4. The molecule has 1 fully saturated rings. The largest absolute Gasteiger partial charge is 0.356 e. The first-order chi connectivity index (χ1) is 19.1. The number of carbonyl (C=O) groups excluding carboxylic acids is 1. The van der Waals surface area contributed by atoms with Crippen molar-refractivity contribution in [3.05, 3.63) is 82.4 Å². The number of hydrogen-bond acceptors (Lipinski definition) is 7. The Morgan fingerprint density at radius 1 is 1.23 bits per heavy atom. The standard InChI is InChI=1S/C29H28F2N6O2S/c1-6-19-9-7-8-10-20(19)24-22(31)13-21-25(36-12-11-35(14-17(36)4)27(38)18(5)30)34-29(39)37(26(21)33-24)28-23(16(2)3)32-15-40-28/h6-10,13,15-17H,1,5,11-12,14H2,2-4H3/t17-/m0/s1. The molecule has 1 aliphatic heterocycles. The lowest BCUT2D eigenvalue weighted by Gasteiger charge is -2.40. The van der Waals surface area contributed by atoms with E-state index in [9.17, 15) is 14.0 Å². The molecule has 0 bridgehead atoms. The maximum Gasteiger partial charge on any atom is 0.356 e. The van der Waals surface area contributed by atoms with Crippen LogP contribution < -0.4 is 10.6 Å². The summed E-state index contributed by atoms with van der Waals surface area (Å²) in [5.41, 5.74) is 3.32. The molecule has 0 saturated carbocycles. The Morgan fingerprint density at radius 3 is 2.65 bits per heavy atom. The molecule has 8 nitrogen and oxygen atoms in total. The van der Waals surface area contributed by atoms with Crippen molar-refractivity contribution in [2.24, 2.45) is 0 Å². The number of amides is 1. The molecule has 4 aromatic rings. The first kappa shape index (κ1) is 27.3. The lowest BCUT2D eigenvalue weighted by Crippen LogP contribution is -2.54. The van der Waals surface area contributed by atoms with E-state index >= 15 is 4.39 Å². The molecule has 0 unspecified atom stereocenters. The number of thiazole rings is 1. The van der Waals surface area contributed by atoms with E-state index in [2.05, 4.69) is 23.1 Å². The van der Waals surface area contributed by atoms with Crippen molar-refractivity contribution in [2.75, 3.05) is 24.5 Å². The number of anilines is 1. The van der Waals surface area contributed by atoms with Crippen LogP contribution in [-0.4, -0.2) is 56.0 Å². The molecule has 0 aliphatic carbocycles. The van der Waals surface area contributed by atoms with Crippen molar-refractivity contribution >= 4 is 40.2 Å². The number of benzene rings is 1. The Bertz CT molecular complexity index is 1710. The highest BCUT2D eigenvalue weighted by Crippen LogP contribution is 2.34. The molecule has 4 heterocycles. The lowest BCUT2D eigenvalue weighted by molar-refractivity contribution is -0.129. The second kappa shape index (κ2) is 10.7. The molecule has 5 rings (SSSR count). The van der Waals surface area contributed by atoms with Crippen LogP contribution >= 0.6 is 11.3 Å². The van der Waals surface area contributed by atoms with Crippen LogP contribution in [0.25, 0.3) is 33.4 Å². The second-order valence-electron chi connectivity index (χ2n) is 9.93. The van der Waals surface area contributed by atoms with E-state index in [1.807, 2.05) is 37.8 Å². The van der Waals surface area contributed by atoms with Crippen molar-refractivity contribution in [3.63, 3.8) is 0 Å². The number of aromatic nitrogens is 4. The third kappa shape index (κ3) is 4.70. The van der Waals surface area contributed by atoms with Gasteiger partial charge in [0.15, 0.2) is 11.5 Å². The van der Waals surface area contributed by atoms with Crippen LogP contribution in [-0.2, 0) is 4.79 Å². The number of piperazine rings is 1. The summed E-state index contributed by atoms with van der Waals surface area (Å²) in [6.45, 7) is 13.3. The summed E-state index contributed by atoms with van der Waals surface area (Å²) >= 11 is 1.28. The van der Waals surface area contributed by atoms with Gasteiger partial charge in [0.2, 0.25) is 0 Å². The molecule has 11 heteroatoms. The Kier molecular flexibility index (Phi) is 7.33. The molecule has 1 saturated heterocycles. The summed E-state index contributed by atoms with van der Waals surface area (Å²) in [7, 11) is 0. The molecule has 0 radical (unpaired) electrons. The van der Waals surface area contributed by atoms with Crippen LogP contribution in [0.15, 0.2) is 59.6 Å². The van der Waals surface area contributed by atoms with E-state index in [1.165, 1.54) is 26.9 Å². The molecule has 1 aliphatic rings. The highest BCUT2D eigenvalue weighted by molar-refractivity contribution is 7.12. The van der Waals surface area contributed by atoms with E-state index in [4.69, 9.17) is 4.98 Å². The summed E-state index contributed by atoms with van der Waals surface area (Å²) in [5, 5.41) is 0.901. The molecule has 3 aromatic heterocycles. The quantitative estimate of drug-likeness (QED) is 0.296. The van der Waals surface area contributed by atoms with Gasteiger partial charge in [-0.3, -0.25) is 4.79 Å². The van der Waals surface area contributed by atoms with E-state index in [1.54, 1.807) is 23.7 Å². The third-order valence-corrected chi connectivity index (χ3v) is 7.81. The molecule has 206 valence electrons. The number of rotatable bonds is 6. The Morgan fingerprint density at radius 2 is 1.98 bits per heavy atom. The van der Waals surface area contributed by atoms with Gasteiger partial charge in [-0.15, -0.1) is 11.3 Å². The van der Waals surface area contributed by atoms with Crippen molar-refractivity contribution in [2.45, 2.75) is 32.7 Å². The summed E-state index contributed by atoms with van der Waals surface area (Å²) in [5.74, 6) is -2.13. The fraction of sp³-hybridized carbons (Fsp3) is 0.276. The average Bonchev–Trinajstić information content (AvgIpc) is 3.42. The molecular weight excluding hydrogens is 534 g/mol. The van der Waals surface area contributed by atoms with E-state index in [0.717, 1.165) is 0 Å². The van der Waals surface area contributed by atoms with Gasteiger partial charge in [0.25, 0.3) is 5.91 Å². The normalized spacial score (nSPS) is 15.6. The maximum absolute atomic E-state index is 15.9. The molecule has 40 heavy (non-hydrogen) atoms. The van der Waals surface area contributed by atoms with Gasteiger partial charge in [-0.25, -0.2) is 28.1 Å². The van der Waals surface area contributed by atoms with Crippen LogP contribution in [0.1, 0.15) is 37.9 Å². The minimum absolute atomic E-state index is 0.0141. The predicted molar refractivity (Wildman–Crippen MR) is 154 cm³/mol. The van der Waals surface area contributed by atoms with Crippen molar-refractivity contribution in [1.82, 2.24) is 24.4 Å². The van der Waals surface area contributed by atoms with Crippen molar-refractivity contribution in [3.8, 4) is 16.3 Å². The number of nitrogens with zero attached hydrogens (tertiary/aromatic N) is 6. The zero-order valence-corrected chi connectivity index (χ0v) is 23.2. The summed E-state index contributed by atoms with van der Waals surface area (Å²) in [6.07, 6.45) is 1.63. The molecule has 0 N–H and O–H groups in total. The second-order valence-corrected chi connectivity index (χ2v) is 10.8. The fourth-order valence-electron chi connectivity index (χ4n) is 5.03. The van der Waals surface area contributed by atoms with Gasteiger partial charge in [-0.1, -0.05) is 57.3 Å². The van der Waals surface area contributed by atoms with Crippen LogP contribution in [0.4, 0.5) is 14.6 Å². The van der Waals surface area contributed by atoms with Gasteiger partial charge in [-0.2, -0.15) is 4.98 Å². The highest BCUT2D eigenvalue weighted by atomic mass is 32.1. The fourth-order valence-corrected chi connectivity index (χ4v) is 5.97. The number of fused-ring (bicyclic) bond motifs is 1. The van der Waals surface area contributed by atoms with Crippen molar-refractivity contribution in [1.29, 1.82) is 0 Å². The monoisotopic (exact) mass is 562 g/mol. The van der Waals surface area contributed by atoms with Crippen LogP contribution in [0.2, 0.25) is 0 Å². The van der Waals surface area contributed by atoms with Crippen molar-refractivity contribution < 1.29 is 13.6 Å². The topological polar surface area (TPSA) is 84.2 Å². The van der Waals surface area contributed by atoms with Gasteiger partial charge >= 0.3 is 5.69 Å². The Labute approximate surface area is 233 Å². The zero-order chi connectivity index (χ0) is 28.7. The molecular formula is C29H28F2N6O2S. The van der Waals surface area contributed by atoms with Crippen LogP contribution in [0, 0.1) is 5.82 Å². The van der Waals surface area contributed by atoms with E-state index in [0.29, 0.717) is 27.2 Å². The molecule has 0 spiro atoms. The smallest absolute Gasteiger partial charge is 0.350 e. The summed E-state index contributed by atoms with van der Waals surface area (Å²) < 4.78 is 30.8. The third-order valence-electron chi connectivity index (χ3n) is 6.98. The average molecular weight is 563 g/mol. The van der Waals surface area contributed by atoms with E-state index in [-0.39, 0.29) is 48.8 Å². The Balaban J connectivity index is 1.75. The van der Waals surface area contributed by atoms with Gasteiger partial charge in [0, 0.05) is 31.2 Å². The Hall–Kier alpha value is -4.25. The predicted octanol–water partition coefficient (Wildman–Crippen LogP) is 5.33. The molecule has 1 atom stereocenters. The number of halogens is 2. The maximum atomic E-state index is 15.9. The minimum Gasteiger partial charge on any atom is -0.350 e.